The number of nitrogens with zero attached hydrogens (tertiary/aromatic N) is 2. The average Bonchev–Trinajstić information content (AvgIpc) is 3.50. The minimum Gasteiger partial charge on any atom is -0.495 e. The molecule has 0 radical (unpaired) electrons. The van der Waals surface area contributed by atoms with Gasteiger partial charge in [0.05, 0.1) is 24.5 Å². The third-order valence-corrected chi connectivity index (χ3v) is 8.00. The van der Waals surface area contributed by atoms with Gasteiger partial charge in [-0.3, -0.25) is 4.79 Å². The molecule has 1 saturated carbocycles. The summed E-state index contributed by atoms with van der Waals surface area (Å²) in [5, 5.41) is 9.12. The van der Waals surface area contributed by atoms with Gasteiger partial charge in [0.15, 0.2) is 0 Å². The number of para-hydroxylation sites is 2. The van der Waals surface area contributed by atoms with Gasteiger partial charge in [-0.25, -0.2) is 4.79 Å². The molecule has 3 N–H and O–H groups in total. The Hall–Kier alpha value is -3.46. The van der Waals surface area contributed by atoms with Crippen LogP contribution in [0, 0.1) is 0 Å². The molecule has 1 unspecified atom stereocenters. The Morgan fingerprint density at radius 1 is 0.923 bits per heavy atom. The highest BCUT2D eigenvalue weighted by molar-refractivity contribution is 6.02. The number of hydrogen-bond donors (Lipinski definition) is 3. The van der Waals surface area contributed by atoms with Crippen molar-refractivity contribution < 1.29 is 19.1 Å². The lowest BCUT2D eigenvalue weighted by Gasteiger charge is -2.38. The number of benzene rings is 2. The normalized spacial score (nSPS) is 20.0. The Morgan fingerprint density at radius 3 is 2.38 bits per heavy atom. The molecule has 2 heterocycles. The summed E-state index contributed by atoms with van der Waals surface area (Å²) >= 11 is 0. The second-order valence-electron chi connectivity index (χ2n) is 10.7. The molecule has 3 fully saturated rings. The van der Waals surface area contributed by atoms with E-state index in [1.165, 1.54) is 6.42 Å². The Labute approximate surface area is 231 Å². The van der Waals surface area contributed by atoms with Crippen LogP contribution in [0.5, 0.6) is 5.75 Å². The van der Waals surface area contributed by atoms with E-state index in [4.69, 9.17) is 9.47 Å². The lowest BCUT2D eigenvalue weighted by Crippen LogP contribution is -2.47. The smallest absolute Gasteiger partial charge is 0.319 e. The summed E-state index contributed by atoms with van der Waals surface area (Å²) < 4.78 is 11.3. The van der Waals surface area contributed by atoms with E-state index in [1.807, 2.05) is 30.3 Å². The van der Waals surface area contributed by atoms with Crippen molar-refractivity contribution in [3.8, 4) is 5.75 Å². The van der Waals surface area contributed by atoms with E-state index in [9.17, 15) is 9.59 Å². The van der Waals surface area contributed by atoms with E-state index < -0.39 is 0 Å². The van der Waals surface area contributed by atoms with Crippen molar-refractivity contribution in [1.29, 1.82) is 0 Å². The van der Waals surface area contributed by atoms with Gasteiger partial charge in [0, 0.05) is 56.7 Å². The first-order valence-electron chi connectivity index (χ1n) is 14.3. The summed E-state index contributed by atoms with van der Waals surface area (Å²) in [4.78, 5) is 30.7. The molecule has 210 valence electrons. The van der Waals surface area contributed by atoms with Crippen LogP contribution in [-0.4, -0.2) is 70.5 Å². The highest BCUT2D eigenvalue weighted by Gasteiger charge is 2.25. The monoisotopic (exact) mass is 535 g/mol. The maximum absolute atomic E-state index is 13.4. The zero-order valence-electron chi connectivity index (χ0n) is 22.9. The van der Waals surface area contributed by atoms with Crippen molar-refractivity contribution in [1.82, 2.24) is 10.6 Å². The minimum absolute atomic E-state index is 0.0596. The van der Waals surface area contributed by atoms with Gasteiger partial charge >= 0.3 is 6.03 Å². The Bertz CT molecular complexity index is 1120. The summed E-state index contributed by atoms with van der Waals surface area (Å²) in [5.74, 6) is 0.714. The molecular formula is C30H41N5O4. The maximum atomic E-state index is 13.4. The fourth-order valence-corrected chi connectivity index (χ4v) is 5.86. The van der Waals surface area contributed by atoms with Crippen molar-refractivity contribution >= 4 is 29.0 Å². The zero-order valence-corrected chi connectivity index (χ0v) is 22.9. The number of methoxy groups -OCH3 is 1. The van der Waals surface area contributed by atoms with Crippen LogP contribution in [0.2, 0.25) is 0 Å². The number of ether oxygens (including phenoxy) is 2. The van der Waals surface area contributed by atoms with Gasteiger partial charge in [-0.2, -0.15) is 0 Å². The molecule has 0 aromatic heterocycles. The molecule has 2 aliphatic heterocycles. The molecular weight excluding hydrogens is 494 g/mol. The van der Waals surface area contributed by atoms with Crippen molar-refractivity contribution in [2.24, 2.45) is 0 Å². The van der Waals surface area contributed by atoms with Gasteiger partial charge in [0.2, 0.25) is 0 Å². The van der Waals surface area contributed by atoms with Gasteiger partial charge in [-0.05, 0) is 56.0 Å². The van der Waals surface area contributed by atoms with Crippen molar-refractivity contribution in [2.45, 2.75) is 57.1 Å². The van der Waals surface area contributed by atoms with Crippen LogP contribution in [0.3, 0.4) is 0 Å². The van der Waals surface area contributed by atoms with Crippen molar-refractivity contribution in [2.75, 3.05) is 61.6 Å². The summed E-state index contributed by atoms with van der Waals surface area (Å²) in [6.07, 6.45) is 7.62. The standard InChI is InChI=1S/C30H41N5O4/c1-38-28-12-6-5-11-27(28)35-17-15-34(16-18-35)26-14-13-23(33-30(37)32-22-8-3-2-4-9-22)20-25(26)29(36)31-21-24-10-7-19-39-24/h5-6,11-14,20,22,24H,2-4,7-10,15-19,21H2,1H3,(H,31,36)(H2,32,33,37). The second-order valence-corrected chi connectivity index (χ2v) is 10.7. The molecule has 2 aromatic carbocycles. The number of amides is 3. The quantitative estimate of drug-likeness (QED) is 0.464. The van der Waals surface area contributed by atoms with Gasteiger partial charge in [-0.1, -0.05) is 31.4 Å². The van der Waals surface area contributed by atoms with E-state index in [-0.39, 0.29) is 24.1 Å². The first kappa shape index (κ1) is 27.1. The number of urea groups is 1. The fraction of sp³-hybridized carbons (Fsp3) is 0.533. The SMILES string of the molecule is COc1ccccc1N1CCN(c2ccc(NC(=O)NC3CCCCC3)cc2C(=O)NCC2CCCO2)CC1. The molecule has 1 aliphatic carbocycles. The Balaban J connectivity index is 1.29. The molecule has 9 heteroatoms. The molecule has 0 spiro atoms. The lowest BCUT2D eigenvalue weighted by atomic mass is 9.96. The highest BCUT2D eigenvalue weighted by atomic mass is 16.5. The zero-order chi connectivity index (χ0) is 27.0. The molecule has 2 saturated heterocycles. The van der Waals surface area contributed by atoms with Crippen molar-refractivity contribution in [3.63, 3.8) is 0 Å². The number of nitrogens with one attached hydrogen (secondary N) is 3. The maximum Gasteiger partial charge on any atom is 0.319 e. The fourth-order valence-electron chi connectivity index (χ4n) is 5.86. The summed E-state index contributed by atoms with van der Waals surface area (Å²) in [5.41, 5.74) is 3.13. The molecule has 3 aliphatic rings. The van der Waals surface area contributed by atoms with Crippen molar-refractivity contribution in [3.05, 3.63) is 48.0 Å². The number of carbonyl (C=O) groups excluding carboxylic acids is 2. The molecule has 39 heavy (non-hydrogen) atoms. The molecule has 1 atom stereocenters. The lowest BCUT2D eigenvalue weighted by molar-refractivity contribution is 0.0858. The van der Waals surface area contributed by atoms with E-state index in [2.05, 4.69) is 31.8 Å². The second kappa shape index (κ2) is 13.1. The number of piperazine rings is 1. The molecule has 9 nitrogen and oxygen atoms in total. The van der Waals surface area contributed by atoms with Crippen LogP contribution in [0.1, 0.15) is 55.3 Å². The molecule has 5 rings (SSSR count). The number of anilines is 3. The van der Waals surface area contributed by atoms with E-state index >= 15 is 0 Å². The van der Waals surface area contributed by atoms with Gasteiger partial charge in [0.1, 0.15) is 5.75 Å². The van der Waals surface area contributed by atoms with Crippen LogP contribution in [0.4, 0.5) is 21.9 Å². The minimum atomic E-state index is -0.217. The Morgan fingerprint density at radius 2 is 1.67 bits per heavy atom. The number of carbonyl (C=O) groups is 2. The van der Waals surface area contributed by atoms with Gasteiger partial charge in [-0.15, -0.1) is 0 Å². The van der Waals surface area contributed by atoms with E-state index in [1.54, 1.807) is 13.2 Å². The molecule has 2 aromatic rings. The van der Waals surface area contributed by atoms with Gasteiger partial charge < -0.3 is 35.2 Å². The van der Waals surface area contributed by atoms with Gasteiger partial charge in [0.25, 0.3) is 5.91 Å². The topological polar surface area (TPSA) is 95.2 Å². The van der Waals surface area contributed by atoms with Crippen LogP contribution >= 0.6 is 0 Å². The van der Waals surface area contributed by atoms with Crippen LogP contribution < -0.4 is 30.5 Å². The molecule has 0 bridgehead atoms. The summed E-state index contributed by atoms with van der Waals surface area (Å²) in [6, 6.07) is 13.7. The average molecular weight is 536 g/mol. The van der Waals surface area contributed by atoms with Crippen LogP contribution in [0.15, 0.2) is 42.5 Å². The third-order valence-electron chi connectivity index (χ3n) is 8.00. The summed E-state index contributed by atoms with van der Waals surface area (Å²) in [7, 11) is 1.70. The predicted molar refractivity (Wildman–Crippen MR) is 154 cm³/mol. The highest BCUT2D eigenvalue weighted by Crippen LogP contribution is 2.31. The third kappa shape index (κ3) is 6.95. The first-order valence-corrected chi connectivity index (χ1v) is 14.3. The summed E-state index contributed by atoms with van der Waals surface area (Å²) in [6.45, 7) is 4.37. The van der Waals surface area contributed by atoms with Crippen LogP contribution in [0.25, 0.3) is 0 Å². The Kier molecular flexibility index (Phi) is 9.08. The van der Waals surface area contributed by atoms with E-state index in [0.717, 1.165) is 88.4 Å². The van der Waals surface area contributed by atoms with Crippen LogP contribution in [-0.2, 0) is 4.74 Å². The molecule has 3 amide bonds. The largest absolute Gasteiger partial charge is 0.495 e. The first-order chi connectivity index (χ1) is 19.1. The number of rotatable bonds is 8. The number of hydrogen-bond acceptors (Lipinski definition) is 6. The predicted octanol–water partition coefficient (Wildman–Crippen LogP) is 4.38. The van der Waals surface area contributed by atoms with E-state index in [0.29, 0.717) is 17.8 Å².